The van der Waals surface area contributed by atoms with Crippen LogP contribution in [0.25, 0.3) is 22.3 Å². The summed E-state index contributed by atoms with van der Waals surface area (Å²) in [5, 5.41) is 26.0. The summed E-state index contributed by atoms with van der Waals surface area (Å²) >= 11 is 0. The average molecular weight is 808 g/mol. The molecule has 5 N–H and O–H groups in total. The van der Waals surface area contributed by atoms with Crippen LogP contribution in [0.5, 0.6) is 5.75 Å². The summed E-state index contributed by atoms with van der Waals surface area (Å²) < 4.78 is 33.4. The van der Waals surface area contributed by atoms with Crippen molar-refractivity contribution in [2.45, 2.75) is 44.1 Å². The van der Waals surface area contributed by atoms with Crippen molar-refractivity contribution < 1.29 is 32.3 Å². The van der Waals surface area contributed by atoms with E-state index in [0.29, 0.717) is 72.2 Å². The number of imide groups is 1. The van der Waals surface area contributed by atoms with Crippen LogP contribution in [0.1, 0.15) is 54.4 Å². The van der Waals surface area contributed by atoms with Crippen molar-refractivity contribution in [2.75, 3.05) is 43.9 Å². The molecular weight excluding hydrogens is 767 g/mol. The van der Waals surface area contributed by atoms with Gasteiger partial charge in [-0.15, -0.1) is 0 Å². The maximum atomic E-state index is 12.8. The lowest BCUT2D eigenvalue weighted by molar-refractivity contribution is -0.134. The number of sulfonamides is 1. The summed E-state index contributed by atoms with van der Waals surface area (Å²) in [5.41, 5.74) is 2.90. The number of ether oxygens (including phenoxy) is 1. The molecule has 5 aromatic rings. The summed E-state index contributed by atoms with van der Waals surface area (Å²) in [6.45, 7) is 2.37. The van der Waals surface area contributed by atoms with Crippen LogP contribution >= 0.6 is 0 Å². The van der Waals surface area contributed by atoms with Gasteiger partial charge in [-0.05, 0) is 67.8 Å². The topological polar surface area (TPSA) is 246 Å². The molecule has 0 bridgehead atoms. The molecule has 2 saturated heterocycles. The lowest BCUT2D eigenvalue weighted by Gasteiger charge is -2.47. The maximum absolute atomic E-state index is 12.8. The van der Waals surface area contributed by atoms with Crippen molar-refractivity contribution in [1.82, 2.24) is 45.0 Å². The number of carbonyl (C=O) groups excluding carboxylic acids is 4. The number of rotatable bonds is 16. The van der Waals surface area contributed by atoms with Crippen LogP contribution in [0.4, 0.5) is 11.6 Å². The first-order chi connectivity index (χ1) is 28.0. The van der Waals surface area contributed by atoms with E-state index >= 15 is 0 Å². The smallest absolute Gasteiger partial charge is 0.257 e. The van der Waals surface area contributed by atoms with Gasteiger partial charge in [0.2, 0.25) is 27.8 Å². The summed E-state index contributed by atoms with van der Waals surface area (Å²) in [7, 11) is -3.39. The second kappa shape index (κ2) is 16.8. The Morgan fingerprint density at radius 2 is 1.79 bits per heavy atom. The number of nitrogens with one attached hydrogen (secondary N) is 5. The molecule has 0 aliphatic carbocycles. The number of fused-ring (bicyclic) bond motifs is 1. The van der Waals surface area contributed by atoms with Gasteiger partial charge in [-0.3, -0.25) is 29.2 Å². The zero-order valence-electron chi connectivity index (χ0n) is 31.5. The molecule has 7 rings (SSSR count). The van der Waals surface area contributed by atoms with E-state index < -0.39 is 21.5 Å². The zero-order valence-corrected chi connectivity index (χ0v) is 32.3. The van der Waals surface area contributed by atoms with E-state index in [-0.39, 0.29) is 55.5 Å². The average Bonchev–Trinajstić information content (AvgIpc) is 3.89. The van der Waals surface area contributed by atoms with Gasteiger partial charge in [0, 0.05) is 67.2 Å². The quantitative estimate of drug-likeness (QED) is 0.0714. The molecule has 3 aromatic heterocycles. The fourth-order valence-corrected chi connectivity index (χ4v) is 8.10. The Kier molecular flexibility index (Phi) is 11.5. The standard InChI is InChI=1S/C39H41N11O7S/c1-2-58(55,56)49-23-39(24-49,15-16-40)50-21-27(20-44-50)34-31-14-19-42-35(31)48-38(47-34)45-28-8-4-26(5-9-28)36(53)43-18-3-17-41-33(52)22-57-29-10-6-25(7-11-29)30-12-13-32(51)46-37(30)54/h4-11,14,19-21,30H,2-3,12-13,15,17-18,22-24H2,1H3,(H,41,52)(H,43,53)(H,46,51,54)(H2,42,45,47,48). The second-order valence-corrected chi connectivity index (χ2v) is 16.3. The van der Waals surface area contributed by atoms with Gasteiger partial charge in [-0.2, -0.15) is 19.6 Å². The predicted octanol–water partition coefficient (Wildman–Crippen LogP) is 2.67. The molecule has 0 spiro atoms. The van der Waals surface area contributed by atoms with Crippen molar-refractivity contribution in [3.63, 3.8) is 0 Å². The van der Waals surface area contributed by atoms with Crippen molar-refractivity contribution >= 4 is 56.3 Å². The van der Waals surface area contributed by atoms with Gasteiger partial charge in [-0.25, -0.2) is 13.4 Å². The fraction of sp³-hybridized carbons (Fsp3) is 0.333. The number of amides is 4. The number of nitriles is 1. The number of anilines is 2. The normalized spacial score (nSPS) is 16.5. The highest BCUT2D eigenvalue weighted by molar-refractivity contribution is 7.89. The Labute approximate surface area is 333 Å². The third-order valence-corrected chi connectivity index (χ3v) is 11.9. The molecular formula is C39H41N11O7S. The Hall–Kier alpha value is -6.65. The van der Waals surface area contributed by atoms with Crippen molar-refractivity contribution in [1.29, 1.82) is 5.26 Å². The molecule has 19 heteroatoms. The summed E-state index contributed by atoms with van der Waals surface area (Å²) in [5.74, 6) is -0.827. The Morgan fingerprint density at radius 1 is 1.03 bits per heavy atom. The van der Waals surface area contributed by atoms with Gasteiger partial charge in [0.25, 0.3) is 11.8 Å². The molecule has 5 heterocycles. The first-order valence-electron chi connectivity index (χ1n) is 18.7. The van der Waals surface area contributed by atoms with E-state index in [1.165, 1.54) is 4.31 Å². The van der Waals surface area contributed by atoms with Gasteiger partial charge in [-0.1, -0.05) is 12.1 Å². The van der Waals surface area contributed by atoms with Crippen LogP contribution < -0.4 is 26.0 Å². The highest BCUT2D eigenvalue weighted by Gasteiger charge is 2.49. The molecule has 1 unspecified atom stereocenters. The summed E-state index contributed by atoms with van der Waals surface area (Å²) in [6.07, 6.45) is 6.50. The van der Waals surface area contributed by atoms with Crippen LogP contribution in [-0.4, -0.2) is 99.6 Å². The largest absolute Gasteiger partial charge is 0.484 e. The third kappa shape index (κ3) is 8.67. The number of hydrogen-bond donors (Lipinski definition) is 5. The lowest BCUT2D eigenvalue weighted by Crippen LogP contribution is -2.64. The van der Waals surface area contributed by atoms with Crippen LogP contribution in [0.3, 0.4) is 0 Å². The van der Waals surface area contributed by atoms with E-state index in [2.05, 4.69) is 42.4 Å². The van der Waals surface area contributed by atoms with Gasteiger partial charge in [0.05, 0.1) is 36.1 Å². The van der Waals surface area contributed by atoms with Gasteiger partial charge >= 0.3 is 0 Å². The van der Waals surface area contributed by atoms with Crippen LogP contribution in [-0.2, 0) is 29.9 Å². The van der Waals surface area contributed by atoms with Crippen molar-refractivity contribution in [3.05, 3.63) is 84.3 Å². The van der Waals surface area contributed by atoms with Crippen molar-refractivity contribution in [2.24, 2.45) is 0 Å². The predicted molar refractivity (Wildman–Crippen MR) is 211 cm³/mol. The highest BCUT2D eigenvalue weighted by Crippen LogP contribution is 2.36. The Bertz CT molecular complexity index is 2490. The van der Waals surface area contributed by atoms with Gasteiger partial charge in [0.1, 0.15) is 16.9 Å². The highest BCUT2D eigenvalue weighted by atomic mass is 32.2. The number of benzene rings is 2. The van der Waals surface area contributed by atoms with E-state index in [0.717, 1.165) is 10.9 Å². The number of piperidine rings is 1. The first kappa shape index (κ1) is 39.6. The van der Waals surface area contributed by atoms with Crippen LogP contribution in [0.2, 0.25) is 0 Å². The van der Waals surface area contributed by atoms with Crippen molar-refractivity contribution in [3.8, 4) is 23.1 Å². The van der Waals surface area contributed by atoms with Gasteiger partial charge < -0.3 is 25.7 Å². The van der Waals surface area contributed by atoms with E-state index in [4.69, 9.17) is 9.72 Å². The third-order valence-electron chi connectivity index (χ3n) is 10.1. The molecule has 2 aromatic carbocycles. The first-order valence-corrected chi connectivity index (χ1v) is 20.3. The van der Waals surface area contributed by atoms with E-state index in [9.17, 15) is 32.9 Å². The molecule has 2 fully saturated rings. The molecule has 1 atom stereocenters. The summed E-state index contributed by atoms with van der Waals surface area (Å²) in [4.78, 5) is 61.1. The molecule has 4 amide bonds. The SMILES string of the molecule is CCS(=O)(=O)N1CC(CC#N)(n2cc(-c3nc(Nc4ccc(C(=O)NCCCNC(=O)COc5ccc(C6CCC(=O)NC6=O)cc5)cc4)nc4[nH]ccc34)cn2)C1. The molecule has 300 valence electrons. The monoisotopic (exact) mass is 807 g/mol. The second-order valence-electron chi connectivity index (χ2n) is 14.1. The Balaban J connectivity index is 0.874. The molecule has 58 heavy (non-hydrogen) atoms. The molecule has 2 aliphatic heterocycles. The van der Waals surface area contributed by atoms with Crippen LogP contribution in [0.15, 0.2) is 73.2 Å². The number of aromatic amines is 1. The number of hydrogen-bond acceptors (Lipinski definition) is 12. The van der Waals surface area contributed by atoms with E-state index in [1.807, 2.05) is 6.07 Å². The molecule has 0 radical (unpaired) electrons. The molecule has 18 nitrogen and oxygen atoms in total. The zero-order chi connectivity index (χ0) is 40.9. The summed E-state index contributed by atoms with van der Waals surface area (Å²) in [6, 6.07) is 17.7. The minimum Gasteiger partial charge on any atom is -0.484 e. The van der Waals surface area contributed by atoms with Crippen LogP contribution in [0, 0.1) is 11.3 Å². The van der Waals surface area contributed by atoms with E-state index in [1.54, 1.807) is 78.7 Å². The number of H-pyrrole nitrogens is 1. The number of carbonyl (C=O) groups is 4. The van der Waals surface area contributed by atoms with Gasteiger partial charge in [0.15, 0.2) is 6.61 Å². The fourth-order valence-electron chi connectivity index (χ4n) is 6.86. The lowest BCUT2D eigenvalue weighted by atomic mass is 9.89. The molecule has 2 aliphatic rings. The maximum Gasteiger partial charge on any atom is 0.257 e. The minimum atomic E-state index is -3.39. The number of aromatic nitrogens is 5. The molecule has 0 saturated carbocycles. The Morgan fingerprint density at radius 3 is 2.52 bits per heavy atom. The minimum absolute atomic E-state index is 0.0175. The number of nitrogens with zero attached hydrogens (tertiary/aromatic N) is 6.